The van der Waals surface area contributed by atoms with Crippen LogP contribution in [0.5, 0.6) is 0 Å². The first kappa shape index (κ1) is 15.1. The number of rotatable bonds is 3. The molecule has 1 aliphatic rings. The summed E-state index contributed by atoms with van der Waals surface area (Å²) in [5.41, 5.74) is 1.53. The van der Waals surface area contributed by atoms with E-state index in [0.717, 1.165) is 4.90 Å². The molecule has 1 aliphatic heterocycles. The molecule has 2 rings (SSSR count). The maximum Gasteiger partial charge on any atom is 0.255 e. The molecule has 0 aromatic heterocycles. The molecular formula is C14H14ClN3O3. The third-order valence-electron chi connectivity index (χ3n) is 3.02. The zero-order valence-electron chi connectivity index (χ0n) is 11.6. The van der Waals surface area contributed by atoms with Crippen LogP contribution in [0.2, 0.25) is 5.02 Å². The van der Waals surface area contributed by atoms with E-state index in [9.17, 15) is 14.4 Å². The van der Waals surface area contributed by atoms with Crippen LogP contribution in [0.3, 0.4) is 0 Å². The molecule has 0 spiro atoms. The van der Waals surface area contributed by atoms with Crippen LogP contribution in [0.1, 0.15) is 17.3 Å². The van der Waals surface area contributed by atoms with Crippen molar-refractivity contribution < 1.29 is 14.4 Å². The number of hydrogen-bond donors (Lipinski definition) is 2. The minimum atomic E-state index is -0.356. The molecule has 0 atom stereocenters. The van der Waals surface area contributed by atoms with Crippen molar-refractivity contribution in [3.63, 3.8) is 0 Å². The molecule has 7 heteroatoms. The van der Waals surface area contributed by atoms with Crippen LogP contribution in [-0.2, 0) is 9.59 Å². The molecule has 21 heavy (non-hydrogen) atoms. The van der Waals surface area contributed by atoms with Gasteiger partial charge in [-0.1, -0.05) is 11.6 Å². The number of nitrogens with one attached hydrogen (secondary N) is 2. The highest BCUT2D eigenvalue weighted by Gasteiger charge is 2.24. The molecule has 0 unspecified atom stereocenters. The Labute approximate surface area is 126 Å². The fourth-order valence-electron chi connectivity index (χ4n) is 1.96. The van der Waals surface area contributed by atoms with Crippen LogP contribution in [0.15, 0.2) is 30.0 Å². The lowest BCUT2D eigenvalue weighted by Gasteiger charge is -2.13. The van der Waals surface area contributed by atoms with Gasteiger partial charge in [-0.25, -0.2) is 0 Å². The number of imide groups is 1. The van der Waals surface area contributed by atoms with Crippen molar-refractivity contribution in [1.82, 2.24) is 10.2 Å². The van der Waals surface area contributed by atoms with Crippen molar-refractivity contribution in [3.05, 3.63) is 40.6 Å². The quantitative estimate of drug-likeness (QED) is 0.884. The van der Waals surface area contributed by atoms with Gasteiger partial charge < -0.3 is 10.6 Å². The maximum absolute atomic E-state index is 11.7. The fraction of sp³-hybridized carbons (Fsp3) is 0.214. The lowest BCUT2D eigenvalue weighted by atomic mass is 10.2. The van der Waals surface area contributed by atoms with Gasteiger partial charge in [0.15, 0.2) is 0 Å². The van der Waals surface area contributed by atoms with Crippen LogP contribution in [0.4, 0.5) is 5.69 Å². The van der Waals surface area contributed by atoms with E-state index in [1.807, 2.05) is 0 Å². The molecule has 110 valence electrons. The van der Waals surface area contributed by atoms with Gasteiger partial charge in [-0.2, -0.15) is 0 Å². The van der Waals surface area contributed by atoms with Gasteiger partial charge in [0, 0.05) is 31.4 Å². The third kappa shape index (κ3) is 3.22. The van der Waals surface area contributed by atoms with Crippen molar-refractivity contribution >= 4 is 35.0 Å². The molecule has 0 bridgehead atoms. The second-order valence-electron chi connectivity index (χ2n) is 4.51. The van der Waals surface area contributed by atoms with Gasteiger partial charge in [-0.15, -0.1) is 0 Å². The second kappa shape index (κ2) is 5.97. The Kier molecular flexibility index (Phi) is 4.28. The molecule has 6 nitrogen and oxygen atoms in total. The van der Waals surface area contributed by atoms with Gasteiger partial charge in [-0.05, 0) is 18.2 Å². The van der Waals surface area contributed by atoms with Crippen LogP contribution >= 0.6 is 11.6 Å². The molecule has 0 fully saturated rings. The van der Waals surface area contributed by atoms with E-state index < -0.39 is 0 Å². The van der Waals surface area contributed by atoms with E-state index in [2.05, 4.69) is 10.6 Å². The molecule has 0 radical (unpaired) electrons. The van der Waals surface area contributed by atoms with Crippen molar-refractivity contribution in [2.45, 2.75) is 6.92 Å². The molecule has 1 heterocycles. The first-order valence-electron chi connectivity index (χ1n) is 6.23. The standard InChI is InChI=1S/C14H14ClN3O3/c1-8(19)18-7-10(6-13(18)20)17-9-3-4-12(15)11(5-9)14(21)16-2/h3-6,17H,7H2,1-2H3,(H,16,21). The molecule has 0 aliphatic carbocycles. The topological polar surface area (TPSA) is 78.5 Å². The molecule has 2 N–H and O–H groups in total. The zero-order chi connectivity index (χ0) is 15.6. The summed E-state index contributed by atoms with van der Waals surface area (Å²) < 4.78 is 0. The van der Waals surface area contributed by atoms with Crippen LogP contribution in [0, 0.1) is 0 Å². The zero-order valence-corrected chi connectivity index (χ0v) is 12.3. The normalized spacial score (nSPS) is 14.0. The summed E-state index contributed by atoms with van der Waals surface area (Å²) in [6.45, 7) is 1.52. The Balaban J connectivity index is 2.18. The molecule has 3 amide bonds. The predicted octanol–water partition coefficient (Wildman–Crippen LogP) is 1.38. The second-order valence-corrected chi connectivity index (χ2v) is 4.92. The first-order valence-corrected chi connectivity index (χ1v) is 6.61. The Hall–Kier alpha value is -2.34. The Morgan fingerprint density at radius 3 is 2.62 bits per heavy atom. The van der Waals surface area contributed by atoms with Gasteiger partial charge in [-0.3, -0.25) is 19.3 Å². The van der Waals surface area contributed by atoms with Crippen LogP contribution < -0.4 is 10.6 Å². The van der Waals surface area contributed by atoms with Crippen molar-refractivity contribution in [3.8, 4) is 0 Å². The maximum atomic E-state index is 11.7. The molecule has 1 aromatic rings. The van der Waals surface area contributed by atoms with Gasteiger partial charge >= 0.3 is 0 Å². The van der Waals surface area contributed by atoms with Gasteiger partial charge in [0.05, 0.1) is 17.1 Å². The van der Waals surface area contributed by atoms with Gasteiger partial charge in [0.25, 0.3) is 11.8 Å². The van der Waals surface area contributed by atoms with Gasteiger partial charge in [0.1, 0.15) is 0 Å². The minimum Gasteiger partial charge on any atom is -0.357 e. The Bertz CT molecular complexity index is 655. The number of carbonyl (C=O) groups excluding carboxylic acids is 3. The number of halogens is 1. The summed E-state index contributed by atoms with van der Waals surface area (Å²) in [5.74, 6) is -0.966. The smallest absolute Gasteiger partial charge is 0.255 e. The predicted molar refractivity (Wildman–Crippen MR) is 78.9 cm³/mol. The minimum absolute atomic E-state index is 0.187. The van der Waals surface area contributed by atoms with Crippen LogP contribution in [-0.4, -0.2) is 36.2 Å². The summed E-state index contributed by atoms with van der Waals surface area (Å²) in [4.78, 5) is 35.6. The highest BCUT2D eigenvalue weighted by molar-refractivity contribution is 6.34. The molecule has 0 saturated heterocycles. The van der Waals surface area contributed by atoms with E-state index in [1.54, 1.807) is 18.2 Å². The summed E-state index contributed by atoms with van der Waals surface area (Å²) in [7, 11) is 1.52. The largest absolute Gasteiger partial charge is 0.357 e. The lowest BCUT2D eigenvalue weighted by molar-refractivity contribution is -0.138. The number of carbonyl (C=O) groups is 3. The van der Waals surface area contributed by atoms with Crippen molar-refractivity contribution in [2.24, 2.45) is 0 Å². The molecular weight excluding hydrogens is 294 g/mol. The van der Waals surface area contributed by atoms with E-state index in [0.29, 0.717) is 22.0 Å². The Morgan fingerprint density at radius 1 is 1.33 bits per heavy atom. The van der Waals surface area contributed by atoms with Crippen molar-refractivity contribution in [2.75, 3.05) is 18.9 Å². The summed E-state index contributed by atoms with van der Waals surface area (Å²) in [6, 6.07) is 4.87. The van der Waals surface area contributed by atoms with E-state index in [1.165, 1.54) is 20.0 Å². The average Bonchev–Trinajstić information content (AvgIpc) is 2.81. The third-order valence-corrected chi connectivity index (χ3v) is 3.34. The number of anilines is 1. The summed E-state index contributed by atoms with van der Waals surface area (Å²) in [6.07, 6.45) is 1.36. The highest BCUT2D eigenvalue weighted by Crippen LogP contribution is 2.22. The van der Waals surface area contributed by atoms with E-state index in [4.69, 9.17) is 11.6 Å². The molecule has 1 aromatic carbocycles. The van der Waals surface area contributed by atoms with Crippen LogP contribution in [0.25, 0.3) is 0 Å². The number of benzene rings is 1. The lowest BCUT2D eigenvalue weighted by Crippen LogP contribution is -2.31. The van der Waals surface area contributed by atoms with Gasteiger partial charge in [0.2, 0.25) is 5.91 Å². The highest BCUT2D eigenvalue weighted by atomic mass is 35.5. The number of amides is 3. The molecule has 0 saturated carbocycles. The Morgan fingerprint density at radius 2 is 2.05 bits per heavy atom. The average molecular weight is 308 g/mol. The monoisotopic (exact) mass is 307 g/mol. The first-order chi connectivity index (χ1) is 9.92. The number of hydrogen-bond acceptors (Lipinski definition) is 4. The fourth-order valence-corrected chi connectivity index (χ4v) is 2.16. The van der Waals surface area contributed by atoms with E-state index >= 15 is 0 Å². The SMILES string of the molecule is CNC(=O)c1cc(NC2=CC(=O)N(C(C)=O)C2)ccc1Cl. The summed E-state index contributed by atoms with van der Waals surface area (Å²) >= 11 is 5.96. The summed E-state index contributed by atoms with van der Waals surface area (Å²) in [5, 5.41) is 5.84. The van der Waals surface area contributed by atoms with Crippen molar-refractivity contribution in [1.29, 1.82) is 0 Å². The van der Waals surface area contributed by atoms with E-state index in [-0.39, 0.29) is 24.3 Å². The number of nitrogens with zero attached hydrogens (tertiary/aromatic N) is 1.